The molecule has 0 aromatic rings. The Labute approximate surface area is 81.1 Å². The zero-order valence-corrected chi connectivity index (χ0v) is 7.99. The van der Waals surface area contributed by atoms with Gasteiger partial charge in [-0.25, -0.2) is 5.01 Å². The fourth-order valence-corrected chi connectivity index (χ4v) is 0.923. The number of hydrogen-bond donors (Lipinski definition) is 0. The van der Waals surface area contributed by atoms with Crippen LogP contribution in [0.25, 0.3) is 0 Å². The maximum atomic E-state index is 10.4. The fourth-order valence-electron chi connectivity index (χ4n) is 0.923. The molecule has 0 bridgehead atoms. The van der Waals surface area contributed by atoms with Gasteiger partial charge >= 0.3 is 29.6 Å². The van der Waals surface area contributed by atoms with Gasteiger partial charge in [0.15, 0.2) is 0 Å². The van der Waals surface area contributed by atoms with Gasteiger partial charge in [0.25, 0.3) is 0 Å². The predicted molar refractivity (Wildman–Crippen MR) is 31.8 cm³/mol. The van der Waals surface area contributed by atoms with Crippen molar-refractivity contribution in [2.24, 2.45) is 5.29 Å². The maximum Gasteiger partial charge on any atom is 1.00 e. The van der Waals surface area contributed by atoms with E-state index in [2.05, 4.69) is 5.29 Å². The summed E-state index contributed by atoms with van der Waals surface area (Å²) >= 11 is 0. The molecule has 1 aliphatic rings. The minimum Gasteiger partial charge on any atom is -0.724 e. The van der Waals surface area contributed by atoms with Crippen LogP contribution in [0.15, 0.2) is 5.29 Å². The summed E-state index contributed by atoms with van der Waals surface area (Å²) in [4.78, 5) is 9.61. The quantitative estimate of drug-likeness (QED) is 0.249. The molecule has 0 saturated carbocycles. The number of hydrazine groups is 1. The molecule has 1 aliphatic heterocycles. The summed E-state index contributed by atoms with van der Waals surface area (Å²) in [5.74, 6) is 0. The maximum absolute atomic E-state index is 10.4. The minimum absolute atomic E-state index is 0. The fraction of sp³-hybridized carbons (Fsp3) is 1.00. The van der Waals surface area contributed by atoms with Crippen molar-refractivity contribution in [3.63, 3.8) is 0 Å². The van der Waals surface area contributed by atoms with E-state index >= 15 is 0 Å². The third kappa shape index (κ3) is 2.51. The average molecular weight is 153 g/mol. The molecule has 0 spiro atoms. The second kappa shape index (κ2) is 5.03. The molecule has 0 aromatic heterocycles. The van der Waals surface area contributed by atoms with E-state index in [0.717, 1.165) is 12.8 Å². The zero-order chi connectivity index (χ0) is 6.69. The second-order valence-corrected chi connectivity index (χ2v) is 2.00. The van der Waals surface area contributed by atoms with Crippen LogP contribution in [0.5, 0.6) is 0 Å². The molecular weight excluding hydrogens is 145 g/mol. The summed E-state index contributed by atoms with van der Waals surface area (Å²) in [6, 6.07) is 0. The van der Waals surface area contributed by atoms with Crippen LogP contribution in [-0.4, -0.2) is 23.4 Å². The molecule has 5 nitrogen and oxygen atoms in total. The molecule has 1 fully saturated rings. The Bertz CT molecular complexity index is 107. The van der Waals surface area contributed by atoms with Gasteiger partial charge in [0.1, 0.15) is 0 Å². The van der Waals surface area contributed by atoms with Crippen LogP contribution in [0.2, 0.25) is 0 Å². The van der Waals surface area contributed by atoms with Gasteiger partial charge < -0.3 is 5.21 Å². The van der Waals surface area contributed by atoms with Gasteiger partial charge in [-0.2, -0.15) is 0 Å². The number of rotatable bonds is 2. The summed E-state index contributed by atoms with van der Waals surface area (Å²) in [6.07, 6.45) is 1.96. The van der Waals surface area contributed by atoms with Crippen molar-refractivity contribution in [3.05, 3.63) is 10.1 Å². The van der Waals surface area contributed by atoms with Gasteiger partial charge in [-0.05, 0) is 12.8 Å². The Morgan fingerprint density at radius 3 is 2.30 bits per heavy atom. The zero-order valence-electron chi connectivity index (χ0n) is 5.99. The Balaban J connectivity index is 0.000000810. The monoisotopic (exact) mass is 153 g/mol. The Morgan fingerprint density at radius 2 is 1.90 bits per heavy atom. The Morgan fingerprint density at radius 1 is 1.40 bits per heavy atom. The van der Waals surface area contributed by atoms with Crippen LogP contribution < -0.4 is 29.6 Å². The molecule has 0 N–H and O–H groups in total. The van der Waals surface area contributed by atoms with E-state index in [1.807, 2.05) is 0 Å². The Kier molecular flexibility index (Phi) is 5.20. The summed E-state index contributed by atoms with van der Waals surface area (Å²) < 4.78 is 0. The standard InChI is InChI=1S/C4H8N3O2.Na/c8-5-7(9)6-3-1-2-4-6;/h1-4H2;/q-1;+1. The molecule has 0 aliphatic carbocycles. The van der Waals surface area contributed by atoms with E-state index in [-0.39, 0.29) is 34.8 Å². The molecule has 1 saturated heterocycles. The van der Waals surface area contributed by atoms with Gasteiger partial charge in [-0.1, -0.05) is 0 Å². The molecule has 6 heteroatoms. The van der Waals surface area contributed by atoms with Crippen LogP contribution in [0.4, 0.5) is 0 Å². The predicted octanol–water partition coefficient (Wildman–Crippen LogP) is -2.52. The molecule has 1 heterocycles. The first-order valence-corrected chi connectivity index (χ1v) is 2.90. The molecule has 0 aromatic carbocycles. The van der Waals surface area contributed by atoms with Crippen molar-refractivity contribution in [1.29, 1.82) is 0 Å². The number of nitroso groups, excluding NO2 is 1. The van der Waals surface area contributed by atoms with Crippen LogP contribution >= 0.6 is 0 Å². The normalized spacial score (nSPS) is 18.1. The molecule has 0 amide bonds. The summed E-state index contributed by atoms with van der Waals surface area (Å²) in [7, 11) is 0. The van der Waals surface area contributed by atoms with Crippen molar-refractivity contribution < 1.29 is 29.6 Å². The van der Waals surface area contributed by atoms with Crippen LogP contribution in [-0.2, 0) is 0 Å². The molecule has 0 radical (unpaired) electrons. The van der Waals surface area contributed by atoms with E-state index in [4.69, 9.17) is 0 Å². The van der Waals surface area contributed by atoms with E-state index in [9.17, 15) is 10.1 Å². The third-order valence-electron chi connectivity index (χ3n) is 1.39. The minimum atomic E-state index is 0. The summed E-state index contributed by atoms with van der Waals surface area (Å²) in [6.45, 7) is 1.32. The van der Waals surface area contributed by atoms with Crippen LogP contribution in [0, 0.1) is 10.1 Å². The smallest absolute Gasteiger partial charge is 0.724 e. The van der Waals surface area contributed by atoms with Crippen molar-refractivity contribution in [2.75, 3.05) is 13.1 Å². The van der Waals surface area contributed by atoms with Gasteiger partial charge in [-0.15, -0.1) is 4.91 Å². The van der Waals surface area contributed by atoms with Crippen molar-refractivity contribution in [2.45, 2.75) is 12.8 Å². The number of nitrogens with zero attached hydrogens (tertiary/aromatic N) is 3. The van der Waals surface area contributed by atoms with Crippen molar-refractivity contribution >= 4 is 0 Å². The SMILES string of the molecule is O=NN([O-])N1CCCC1.[Na+]. The van der Waals surface area contributed by atoms with Gasteiger partial charge in [0.05, 0.1) is 5.29 Å². The van der Waals surface area contributed by atoms with E-state index < -0.39 is 0 Å². The van der Waals surface area contributed by atoms with Crippen LogP contribution in [0.1, 0.15) is 12.8 Å². The first-order valence-electron chi connectivity index (χ1n) is 2.90. The third-order valence-corrected chi connectivity index (χ3v) is 1.39. The number of hydrogen-bond acceptors (Lipinski definition) is 4. The molecule has 1 rings (SSSR count). The van der Waals surface area contributed by atoms with E-state index in [1.54, 1.807) is 0 Å². The van der Waals surface area contributed by atoms with Gasteiger partial charge in [-0.3, -0.25) is 5.28 Å². The van der Waals surface area contributed by atoms with E-state index in [0.29, 0.717) is 13.1 Å². The van der Waals surface area contributed by atoms with Crippen LogP contribution in [0.3, 0.4) is 0 Å². The Hall–Kier alpha value is 0.320. The van der Waals surface area contributed by atoms with Crippen molar-refractivity contribution in [3.8, 4) is 0 Å². The first-order chi connectivity index (χ1) is 4.34. The molecule has 0 atom stereocenters. The largest absolute Gasteiger partial charge is 1.00 e. The summed E-state index contributed by atoms with van der Waals surface area (Å²) in [5.41, 5.74) is 0. The average Bonchev–Trinajstić information content (AvgIpc) is 2.37. The van der Waals surface area contributed by atoms with Gasteiger partial charge in [0, 0.05) is 13.1 Å². The van der Waals surface area contributed by atoms with Gasteiger partial charge in [0.2, 0.25) is 0 Å². The molecular formula is C4H8N3NaO2. The molecule has 10 heavy (non-hydrogen) atoms. The van der Waals surface area contributed by atoms with Crippen molar-refractivity contribution in [1.82, 2.24) is 10.3 Å². The van der Waals surface area contributed by atoms with E-state index in [1.165, 1.54) is 5.01 Å². The second-order valence-electron chi connectivity index (χ2n) is 2.00. The topological polar surface area (TPSA) is 59.0 Å². The molecule has 52 valence electrons. The summed E-state index contributed by atoms with van der Waals surface area (Å²) in [5, 5.41) is 14.1. The first kappa shape index (κ1) is 10.3. The molecule has 0 unspecified atom stereocenters.